The van der Waals surface area contributed by atoms with Gasteiger partial charge in [0, 0.05) is 44.2 Å². The zero-order valence-corrected chi connectivity index (χ0v) is 15.3. The number of H-pyrrole nitrogens is 1. The minimum atomic E-state index is -0.00152. The van der Waals surface area contributed by atoms with E-state index in [4.69, 9.17) is 0 Å². The highest BCUT2D eigenvalue weighted by Crippen LogP contribution is 2.22. The molecule has 3 aromatic rings. The number of benzene rings is 2. The van der Waals surface area contributed by atoms with Crippen molar-refractivity contribution in [1.29, 1.82) is 0 Å². The smallest absolute Gasteiger partial charge is 0.253 e. The summed E-state index contributed by atoms with van der Waals surface area (Å²) in [6.45, 7) is 4.10. The van der Waals surface area contributed by atoms with Crippen molar-refractivity contribution >= 4 is 22.8 Å². The number of hydrogen-bond donors (Lipinski definition) is 1. The molecule has 6 heteroatoms. The van der Waals surface area contributed by atoms with Crippen LogP contribution >= 0.6 is 0 Å². The Balaban J connectivity index is 1.56. The van der Waals surface area contributed by atoms with E-state index in [-0.39, 0.29) is 11.8 Å². The SMILES string of the molecule is CC(=O)N1CCCN(C(=O)c2cccc(-c3nc4ccccc4[nH]3)c2)CC1. The fourth-order valence-electron chi connectivity index (χ4n) is 3.51. The van der Waals surface area contributed by atoms with Gasteiger partial charge in [-0.1, -0.05) is 24.3 Å². The lowest BCUT2D eigenvalue weighted by molar-refractivity contribution is -0.128. The maximum Gasteiger partial charge on any atom is 0.253 e. The van der Waals surface area contributed by atoms with Gasteiger partial charge in [-0.05, 0) is 30.7 Å². The van der Waals surface area contributed by atoms with E-state index in [0.29, 0.717) is 31.7 Å². The molecular formula is C21H22N4O2. The number of aromatic nitrogens is 2. The summed E-state index contributed by atoms with van der Waals surface area (Å²) < 4.78 is 0. The molecule has 1 N–H and O–H groups in total. The summed E-state index contributed by atoms with van der Waals surface area (Å²) in [5, 5.41) is 0. The summed E-state index contributed by atoms with van der Waals surface area (Å²) in [6, 6.07) is 15.4. The molecule has 2 amide bonds. The molecule has 138 valence electrons. The molecular weight excluding hydrogens is 340 g/mol. The molecule has 4 rings (SSSR count). The molecule has 2 heterocycles. The Hall–Kier alpha value is -3.15. The topological polar surface area (TPSA) is 69.3 Å². The van der Waals surface area contributed by atoms with Gasteiger partial charge >= 0.3 is 0 Å². The minimum absolute atomic E-state index is 0.00152. The molecule has 0 bridgehead atoms. The lowest BCUT2D eigenvalue weighted by Crippen LogP contribution is -2.36. The molecule has 1 fully saturated rings. The molecule has 1 aliphatic heterocycles. The average molecular weight is 362 g/mol. The van der Waals surface area contributed by atoms with Crippen LogP contribution in [-0.2, 0) is 4.79 Å². The first-order valence-electron chi connectivity index (χ1n) is 9.22. The van der Waals surface area contributed by atoms with Crippen molar-refractivity contribution in [3.8, 4) is 11.4 Å². The predicted octanol–water partition coefficient (Wildman–Crippen LogP) is 2.92. The number of carbonyl (C=O) groups excluding carboxylic acids is 2. The third-order valence-corrected chi connectivity index (χ3v) is 5.00. The number of carbonyl (C=O) groups is 2. The Kier molecular flexibility index (Phi) is 4.62. The highest BCUT2D eigenvalue weighted by Gasteiger charge is 2.21. The van der Waals surface area contributed by atoms with Crippen molar-refractivity contribution in [2.24, 2.45) is 0 Å². The van der Waals surface area contributed by atoms with Crippen molar-refractivity contribution in [3.63, 3.8) is 0 Å². The third kappa shape index (κ3) is 3.56. The first kappa shape index (κ1) is 17.3. The molecule has 0 saturated carbocycles. The van der Waals surface area contributed by atoms with Crippen LogP contribution in [0.15, 0.2) is 48.5 Å². The van der Waals surface area contributed by atoms with E-state index in [1.54, 1.807) is 11.8 Å². The highest BCUT2D eigenvalue weighted by atomic mass is 16.2. The Bertz CT molecular complexity index is 962. The van der Waals surface area contributed by atoms with Crippen LogP contribution in [-0.4, -0.2) is 57.8 Å². The molecule has 1 aromatic heterocycles. The normalized spacial score (nSPS) is 15.0. The van der Waals surface area contributed by atoms with E-state index in [1.807, 2.05) is 53.4 Å². The molecule has 0 spiro atoms. The standard InChI is InChI=1S/C21H22N4O2/c1-15(26)24-10-5-11-25(13-12-24)21(27)17-7-4-6-16(14-17)20-22-18-8-2-3-9-19(18)23-20/h2-4,6-9,14H,5,10-13H2,1H3,(H,22,23). The highest BCUT2D eigenvalue weighted by molar-refractivity contribution is 5.95. The van der Waals surface area contributed by atoms with Crippen LogP contribution in [0.25, 0.3) is 22.4 Å². The van der Waals surface area contributed by atoms with E-state index < -0.39 is 0 Å². The molecule has 2 aromatic carbocycles. The fourth-order valence-corrected chi connectivity index (χ4v) is 3.51. The summed E-state index contributed by atoms with van der Waals surface area (Å²) in [5.41, 5.74) is 3.41. The van der Waals surface area contributed by atoms with Gasteiger partial charge in [-0.2, -0.15) is 0 Å². The second kappa shape index (κ2) is 7.23. The van der Waals surface area contributed by atoms with Gasteiger partial charge in [0.15, 0.2) is 0 Å². The average Bonchev–Trinajstić information content (AvgIpc) is 2.96. The summed E-state index contributed by atoms with van der Waals surface area (Å²) in [7, 11) is 0. The van der Waals surface area contributed by atoms with Gasteiger partial charge in [-0.15, -0.1) is 0 Å². The van der Waals surface area contributed by atoms with Gasteiger partial charge in [0.1, 0.15) is 5.82 Å². The Morgan fingerprint density at radius 3 is 2.56 bits per heavy atom. The van der Waals surface area contributed by atoms with Gasteiger partial charge in [-0.25, -0.2) is 4.98 Å². The van der Waals surface area contributed by atoms with Crippen molar-refractivity contribution in [3.05, 3.63) is 54.1 Å². The lowest BCUT2D eigenvalue weighted by Gasteiger charge is -2.21. The number of amides is 2. The van der Waals surface area contributed by atoms with Crippen LogP contribution in [0.3, 0.4) is 0 Å². The maximum absolute atomic E-state index is 13.0. The first-order valence-corrected chi connectivity index (χ1v) is 9.22. The van der Waals surface area contributed by atoms with E-state index in [2.05, 4.69) is 9.97 Å². The largest absolute Gasteiger partial charge is 0.341 e. The minimum Gasteiger partial charge on any atom is -0.341 e. The maximum atomic E-state index is 13.0. The quantitative estimate of drug-likeness (QED) is 0.762. The number of fused-ring (bicyclic) bond motifs is 1. The molecule has 1 saturated heterocycles. The summed E-state index contributed by atoms with van der Waals surface area (Å²) in [5.74, 6) is 0.819. The second-order valence-corrected chi connectivity index (χ2v) is 6.84. The lowest BCUT2D eigenvalue weighted by atomic mass is 10.1. The molecule has 27 heavy (non-hydrogen) atoms. The van der Waals surface area contributed by atoms with Crippen LogP contribution in [0.1, 0.15) is 23.7 Å². The van der Waals surface area contributed by atoms with E-state index in [9.17, 15) is 9.59 Å². The number of imidazole rings is 1. The first-order chi connectivity index (χ1) is 13.1. The van der Waals surface area contributed by atoms with Crippen molar-refractivity contribution < 1.29 is 9.59 Å². The van der Waals surface area contributed by atoms with Crippen LogP contribution in [0.5, 0.6) is 0 Å². The van der Waals surface area contributed by atoms with Crippen molar-refractivity contribution in [1.82, 2.24) is 19.8 Å². The van der Waals surface area contributed by atoms with Gasteiger partial charge in [0.2, 0.25) is 5.91 Å². The van der Waals surface area contributed by atoms with Crippen molar-refractivity contribution in [2.45, 2.75) is 13.3 Å². The molecule has 0 unspecified atom stereocenters. The second-order valence-electron chi connectivity index (χ2n) is 6.84. The van der Waals surface area contributed by atoms with Crippen molar-refractivity contribution in [2.75, 3.05) is 26.2 Å². The molecule has 0 aliphatic carbocycles. The molecule has 6 nitrogen and oxygen atoms in total. The summed E-state index contributed by atoms with van der Waals surface area (Å²) in [6.07, 6.45) is 0.800. The van der Waals surface area contributed by atoms with E-state index in [0.717, 1.165) is 28.8 Å². The Morgan fingerprint density at radius 2 is 1.74 bits per heavy atom. The van der Waals surface area contributed by atoms with E-state index >= 15 is 0 Å². The van der Waals surface area contributed by atoms with Gasteiger partial charge in [0.05, 0.1) is 11.0 Å². The summed E-state index contributed by atoms with van der Waals surface area (Å²) >= 11 is 0. The zero-order valence-electron chi connectivity index (χ0n) is 15.3. The van der Waals surface area contributed by atoms with E-state index in [1.165, 1.54) is 0 Å². The third-order valence-electron chi connectivity index (χ3n) is 5.00. The molecule has 0 atom stereocenters. The zero-order chi connectivity index (χ0) is 18.8. The Morgan fingerprint density at radius 1 is 0.963 bits per heavy atom. The van der Waals surface area contributed by atoms with Gasteiger partial charge in [0.25, 0.3) is 5.91 Å². The van der Waals surface area contributed by atoms with Crippen LogP contribution in [0, 0.1) is 0 Å². The molecule has 1 aliphatic rings. The number of aromatic amines is 1. The van der Waals surface area contributed by atoms with Crippen LogP contribution in [0.4, 0.5) is 0 Å². The molecule has 0 radical (unpaired) electrons. The number of nitrogens with zero attached hydrogens (tertiary/aromatic N) is 3. The number of rotatable bonds is 2. The predicted molar refractivity (Wildman–Crippen MR) is 104 cm³/mol. The summed E-state index contributed by atoms with van der Waals surface area (Å²) in [4.78, 5) is 36.1. The van der Waals surface area contributed by atoms with Gasteiger partial charge in [-0.3, -0.25) is 9.59 Å². The van der Waals surface area contributed by atoms with Gasteiger partial charge < -0.3 is 14.8 Å². The fraction of sp³-hybridized carbons (Fsp3) is 0.286. The number of nitrogens with one attached hydrogen (secondary N) is 1. The van der Waals surface area contributed by atoms with Crippen LogP contribution < -0.4 is 0 Å². The Labute approximate surface area is 157 Å². The number of hydrogen-bond acceptors (Lipinski definition) is 3. The number of para-hydroxylation sites is 2. The van der Waals surface area contributed by atoms with Crippen LogP contribution in [0.2, 0.25) is 0 Å². The monoisotopic (exact) mass is 362 g/mol.